The fourth-order valence-corrected chi connectivity index (χ4v) is 4.22. The number of hydrogen-bond acceptors (Lipinski definition) is 4. The van der Waals surface area contributed by atoms with E-state index in [1.54, 1.807) is 0 Å². The third kappa shape index (κ3) is 3.05. The van der Waals surface area contributed by atoms with Gasteiger partial charge in [-0.25, -0.2) is 0 Å². The maximum Gasteiger partial charge on any atom is 0.0850 e. The van der Waals surface area contributed by atoms with Gasteiger partial charge in [-0.3, -0.25) is 9.88 Å². The fourth-order valence-electron chi connectivity index (χ4n) is 4.22. The van der Waals surface area contributed by atoms with Gasteiger partial charge in [0.25, 0.3) is 0 Å². The average molecular weight is 302 g/mol. The number of hydrogen-bond donors (Lipinski definition) is 0. The summed E-state index contributed by atoms with van der Waals surface area (Å²) >= 11 is 0. The van der Waals surface area contributed by atoms with Crippen LogP contribution in [-0.4, -0.2) is 48.3 Å². The Labute approximate surface area is 132 Å². The van der Waals surface area contributed by atoms with Crippen molar-refractivity contribution >= 4 is 0 Å². The second-order valence-corrected chi connectivity index (χ2v) is 6.84. The zero-order valence-electron chi connectivity index (χ0n) is 13.2. The van der Waals surface area contributed by atoms with Gasteiger partial charge in [0, 0.05) is 50.3 Å². The molecule has 0 saturated carbocycles. The molecule has 4 heteroatoms. The lowest BCUT2D eigenvalue weighted by atomic mass is 10.1. The van der Waals surface area contributed by atoms with Crippen molar-refractivity contribution < 1.29 is 9.47 Å². The predicted octanol–water partition coefficient (Wildman–Crippen LogP) is 2.73. The Morgan fingerprint density at radius 2 is 2.18 bits per heavy atom. The molecule has 1 aliphatic carbocycles. The summed E-state index contributed by atoms with van der Waals surface area (Å²) in [5.74, 6) is 0. The minimum atomic E-state index is 0.270. The molecule has 0 aromatic carbocycles. The zero-order valence-corrected chi connectivity index (χ0v) is 13.2. The van der Waals surface area contributed by atoms with E-state index in [9.17, 15) is 0 Å². The van der Waals surface area contributed by atoms with E-state index in [0.29, 0.717) is 12.1 Å². The summed E-state index contributed by atoms with van der Waals surface area (Å²) in [6.07, 6.45) is 11.7. The SMILES string of the molecule is c1cc2c(cn1)C(O[C@@H]1CCN(C3CCCOCC3)C1)CC2. The molecule has 2 aliphatic heterocycles. The van der Waals surface area contributed by atoms with Crippen molar-refractivity contribution in [2.75, 3.05) is 26.3 Å². The molecule has 120 valence electrons. The van der Waals surface area contributed by atoms with Crippen molar-refractivity contribution in [3.05, 3.63) is 29.6 Å². The van der Waals surface area contributed by atoms with Crippen LogP contribution in [0.2, 0.25) is 0 Å². The van der Waals surface area contributed by atoms with Crippen molar-refractivity contribution in [2.24, 2.45) is 0 Å². The zero-order chi connectivity index (χ0) is 14.8. The minimum Gasteiger partial charge on any atom is -0.381 e. The molecule has 22 heavy (non-hydrogen) atoms. The third-order valence-corrected chi connectivity index (χ3v) is 5.44. The van der Waals surface area contributed by atoms with Crippen LogP contribution in [0, 0.1) is 0 Å². The molecule has 0 amide bonds. The number of likely N-dealkylation sites (tertiary alicyclic amines) is 1. The Kier molecular flexibility index (Phi) is 4.42. The van der Waals surface area contributed by atoms with Gasteiger partial charge in [-0.15, -0.1) is 0 Å². The normalized spacial score (nSPS) is 32.8. The van der Waals surface area contributed by atoms with Gasteiger partial charge in [0.2, 0.25) is 0 Å². The molecular formula is C18H26N2O2. The molecule has 1 aromatic rings. The van der Waals surface area contributed by atoms with Crippen LogP contribution in [0.15, 0.2) is 18.5 Å². The van der Waals surface area contributed by atoms with E-state index in [2.05, 4.69) is 16.0 Å². The molecular weight excluding hydrogens is 276 g/mol. The molecule has 3 aliphatic rings. The van der Waals surface area contributed by atoms with Crippen LogP contribution in [0.4, 0.5) is 0 Å². The highest BCUT2D eigenvalue weighted by atomic mass is 16.5. The van der Waals surface area contributed by atoms with Crippen molar-refractivity contribution in [2.45, 2.75) is 56.8 Å². The van der Waals surface area contributed by atoms with Crippen LogP contribution in [0.5, 0.6) is 0 Å². The summed E-state index contributed by atoms with van der Waals surface area (Å²) in [4.78, 5) is 6.91. The Morgan fingerprint density at radius 3 is 3.18 bits per heavy atom. The number of rotatable bonds is 3. The highest BCUT2D eigenvalue weighted by molar-refractivity contribution is 5.30. The Balaban J connectivity index is 1.34. The first kappa shape index (κ1) is 14.6. The first-order valence-electron chi connectivity index (χ1n) is 8.80. The number of fused-ring (bicyclic) bond motifs is 1. The lowest BCUT2D eigenvalue weighted by Crippen LogP contribution is -2.34. The second kappa shape index (κ2) is 6.65. The number of pyridine rings is 1. The number of aromatic nitrogens is 1. The first-order chi connectivity index (χ1) is 10.9. The van der Waals surface area contributed by atoms with E-state index in [-0.39, 0.29) is 6.10 Å². The average Bonchev–Trinajstić information content (AvgIpc) is 3.08. The maximum atomic E-state index is 6.44. The number of aryl methyl sites for hydroxylation is 1. The molecule has 4 rings (SSSR count). The summed E-state index contributed by atoms with van der Waals surface area (Å²) in [6, 6.07) is 2.85. The Bertz CT molecular complexity index is 500. The minimum absolute atomic E-state index is 0.270. The van der Waals surface area contributed by atoms with Gasteiger partial charge in [0.15, 0.2) is 0 Å². The highest BCUT2D eigenvalue weighted by Crippen LogP contribution is 2.35. The van der Waals surface area contributed by atoms with Gasteiger partial charge >= 0.3 is 0 Å². The number of nitrogens with zero attached hydrogens (tertiary/aromatic N) is 2. The largest absolute Gasteiger partial charge is 0.381 e. The summed E-state index contributed by atoms with van der Waals surface area (Å²) in [7, 11) is 0. The van der Waals surface area contributed by atoms with Gasteiger partial charge in [-0.2, -0.15) is 0 Å². The van der Waals surface area contributed by atoms with Gasteiger partial charge in [-0.1, -0.05) is 0 Å². The topological polar surface area (TPSA) is 34.6 Å². The summed E-state index contributed by atoms with van der Waals surface area (Å²) < 4.78 is 12.0. The van der Waals surface area contributed by atoms with Crippen molar-refractivity contribution in [1.82, 2.24) is 9.88 Å². The smallest absolute Gasteiger partial charge is 0.0850 e. The molecule has 3 heterocycles. The van der Waals surface area contributed by atoms with Gasteiger partial charge < -0.3 is 9.47 Å². The van der Waals surface area contributed by atoms with Gasteiger partial charge in [0.05, 0.1) is 12.2 Å². The van der Waals surface area contributed by atoms with Gasteiger partial charge in [-0.05, 0) is 50.2 Å². The highest BCUT2D eigenvalue weighted by Gasteiger charge is 2.32. The predicted molar refractivity (Wildman–Crippen MR) is 84.8 cm³/mol. The number of ether oxygens (including phenoxy) is 2. The Morgan fingerprint density at radius 1 is 1.18 bits per heavy atom. The molecule has 0 radical (unpaired) electrons. The summed E-state index contributed by atoms with van der Waals surface area (Å²) in [6.45, 7) is 4.14. The molecule has 0 bridgehead atoms. The van der Waals surface area contributed by atoms with Crippen LogP contribution in [0.3, 0.4) is 0 Å². The summed E-state index contributed by atoms with van der Waals surface area (Å²) in [5.41, 5.74) is 2.75. The summed E-state index contributed by atoms with van der Waals surface area (Å²) in [5, 5.41) is 0. The van der Waals surface area contributed by atoms with E-state index in [1.165, 1.54) is 43.4 Å². The van der Waals surface area contributed by atoms with Crippen molar-refractivity contribution in [1.29, 1.82) is 0 Å². The third-order valence-electron chi connectivity index (χ3n) is 5.44. The van der Waals surface area contributed by atoms with Crippen molar-refractivity contribution in [3.8, 4) is 0 Å². The monoisotopic (exact) mass is 302 g/mol. The molecule has 2 fully saturated rings. The van der Waals surface area contributed by atoms with Crippen LogP contribution >= 0.6 is 0 Å². The molecule has 3 atom stereocenters. The Hall–Kier alpha value is -0.970. The van der Waals surface area contributed by atoms with Crippen LogP contribution in [0.25, 0.3) is 0 Å². The van der Waals surface area contributed by atoms with E-state index < -0.39 is 0 Å². The fraction of sp³-hybridized carbons (Fsp3) is 0.722. The van der Waals surface area contributed by atoms with Crippen molar-refractivity contribution in [3.63, 3.8) is 0 Å². The van der Waals surface area contributed by atoms with E-state index in [0.717, 1.165) is 32.6 Å². The standard InChI is InChI=1S/C18H26N2O2/c1-2-15(7-11-21-10-1)20-9-6-16(13-20)22-18-4-3-14-5-8-19-12-17(14)18/h5,8,12,15-16,18H,1-4,6-7,9-11,13H2/t15?,16-,18?/m1/s1. The first-order valence-corrected chi connectivity index (χ1v) is 8.80. The van der Waals surface area contributed by atoms with E-state index >= 15 is 0 Å². The second-order valence-electron chi connectivity index (χ2n) is 6.84. The maximum absolute atomic E-state index is 6.44. The molecule has 2 unspecified atom stereocenters. The van der Waals surface area contributed by atoms with E-state index in [1.807, 2.05) is 12.4 Å². The molecule has 1 aromatic heterocycles. The molecule has 0 N–H and O–H groups in total. The lowest BCUT2D eigenvalue weighted by molar-refractivity contribution is -0.00913. The lowest BCUT2D eigenvalue weighted by Gasteiger charge is -2.26. The van der Waals surface area contributed by atoms with Crippen LogP contribution < -0.4 is 0 Å². The van der Waals surface area contributed by atoms with E-state index in [4.69, 9.17) is 9.47 Å². The van der Waals surface area contributed by atoms with Crippen LogP contribution in [0.1, 0.15) is 49.3 Å². The quantitative estimate of drug-likeness (QED) is 0.860. The molecule has 4 nitrogen and oxygen atoms in total. The molecule has 0 spiro atoms. The molecule has 2 saturated heterocycles. The van der Waals surface area contributed by atoms with Crippen LogP contribution in [-0.2, 0) is 15.9 Å². The van der Waals surface area contributed by atoms with Gasteiger partial charge in [0.1, 0.15) is 0 Å².